The highest BCUT2D eigenvalue weighted by molar-refractivity contribution is 14.1. The molecule has 0 heterocycles. The van der Waals surface area contributed by atoms with Gasteiger partial charge in [0.05, 0.1) is 26.6 Å². The Hall–Kier alpha value is -4.51. The molecule has 3 aromatic rings. The number of ether oxygens (including phenoxy) is 2. The fourth-order valence-electron chi connectivity index (χ4n) is 3.34. The number of nitro benzene ring substituents is 2. The number of nitriles is 1. The summed E-state index contributed by atoms with van der Waals surface area (Å²) in [7, 11) is 1.36. The van der Waals surface area contributed by atoms with Gasteiger partial charge in [-0.2, -0.15) is 5.26 Å². The van der Waals surface area contributed by atoms with Crippen LogP contribution in [0.5, 0.6) is 17.2 Å². The van der Waals surface area contributed by atoms with E-state index in [0.717, 1.165) is 29.3 Å². The molecule has 0 aliphatic carbocycles. The van der Waals surface area contributed by atoms with E-state index < -0.39 is 27.1 Å². The van der Waals surface area contributed by atoms with Crippen LogP contribution in [0.1, 0.15) is 16.7 Å². The molecule has 12 heteroatoms. The van der Waals surface area contributed by atoms with Crippen LogP contribution in [-0.4, -0.2) is 22.9 Å². The number of nitrogens with one attached hydrogen (secondary N) is 1. The molecule has 0 spiro atoms. The third-order valence-electron chi connectivity index (χ3n) is 5.12. The lowest BCUT2D eigenvalue weighted by atomic mass is 10.1. The van der Waals surface area contributed by atoms with Crippen molar-refractivity contribution >= 4 is 51.6 Å². The molecule has 37 heavy (non-hydrogen) atoms. The molecule has 1 N–H and O–H groups in total. The van der Waals surface area contributed by atoms with Gasteiger partial charge < -0.3 is 14.8 Å². The molecule has 0 unspecified atom stereocenters. The van der Waals surface area contributed by atoms with E-state index in [4.69, 9.17) is 9.47 Å². The fourth-order valence-corrected chi connectivity index (χ4v) is 4.07. The number of hydrogen-bond acceptors (Lipinski definition) is 8. The molecule has 3 rings (SSSR count). The number of benzene rings is 3. The largest absolute Gasteiger partial charge is 0.493 e. The number of rotatable bonds is 8. The van der Waals surface area contributed by atoms with Crippen LogP contribution in [0.2, 0.25) is 0 Å². The Morgan fingerprint density at radius 3 is 2.38 bits per heavy atom. The molecule has 0 saturated carbocycles. The molecular weight excluding hydrogens is 595 g/mol. The molecule has 0 bridgehead atoms. The number of nitro groups is 2. The molecule has 0 aliphatic heterocycles. The quantitative estimate of drug-likeness (QED) is 0.105. The van der Waals surface area contributed by atoms with Crippen molar-refractivity contribution in [2.24, 2.45) is 0 Å². The van der Waals surface area contributed by atoms with Crippen LogP contribution in [0.4, 0.5) is 17.1 Å². The second-order valence-electron chi connectivity index (χ2n) is 7.74. The number of carbonyl (C=O) groups is 1. The first kappa shape index (κ1) is 27.1. The van der Waals surface area contributed by atoms with Crippen molar-refractivity contribution in [1.29, 1.82) is 5.26 Å². The molecule has 0 fully saturated rings. The van der Waals surface area contributed by atoms with E-state index in [1.807, 2.05) is 54.6 Å². The van der Waals surface area contributed by atoms with Gasteiger partial charge in [-0.3, -0.25) is 25.0 Å². The molecule has 0 aromatic heterocycles. The summed E-state index contributed by atoms with van der Waals surface area (Å²) in [4.78, 5) is 33.7. The Morgan fingerprint density at radius 2 is 1.78 bits per heavy atom. The van der Waals surface area contributed by atoms with Crippen LogP contribution in [0.3, 0.4) is 0 Å². The molecule has 3 aromatic carbocycles. The maximum atomic E-state index is 12.7. The number of amides is 1. The lowest BCUT2D eigenvalue weighted by Gasteiger charge is -2.14. The van der Waals surface area contributed by atoms with Crippen molar-refractivity contribution in [3.63, 3.8) is 0 Å². The second-order valence-corrected chi connectivity index (χ2v) is 8.91. The fraction of sp³-hybridized carbons (Fsp3) is 0.120. The van der Waals surface area contributed by atoms with Crippen molar-refractivity contribution in [2.45, 2.75) is 13.8 Å². The SMILES string of the molecule is COc1cc(/C=C(\C#N)C(=O)Nc2ccc(C)cc2C)cc(I)c1Oc1ccc([N+](=O)[O-])cc1[N+](=O)[O-]. The summed E-state index contributed by atoms with van der Waals surface area (Å²) in [5.41, 5.74) is 1.71. The van der Waals surface area contributed by atoms with Gasteiger partial charge in [-0.05, 0) is 77.9 Å². The average Bonchev–Trinajstić information content (AvgIpc) is 2.85. The van der Waals surface area contributed by atoms with Gasteiger partial charge in [0, 0.05) is 11.8 Å². The molecule has 0 atom stereocenters. The number of halogens is 1. The van der Waals surface area contributed by atoms with E-state index in [1.165, 1.54) is 19.3 Å². The minimum atomic E-state index is -0.785. The summed E-state index contributed by atoms with van der Waals surface area (Å²) in [5.74, 6) is -0.528. The first-order valence-electron chi connectivity index (χ1n) is 10.5. The monoisotopic (exact) mass is 614 g/mol. The van der Waals surface area contributed by atoms with Crippen LogP contribution in [0.25, 0.3) is 6.08 Å². The van der Waals surface area contributed by atoms with Crippen LogP contribution in [0, 0.1) is 49.0 Å². The van der Waals surface area contributed by atoms with Crippen LogP contribution >= 0.6 is 22.6 Å². The smallest absolute Gasteiger partial charge is 0.318 e. The van der Waals surface area contributed by atoms with Crippen molar-refractivity contribution in [2.75, 3.05) is 12.4 Å². The summed E-state index contributed by atoms with van der Waals surface area (Å²) >= 11 is 1.91. The van der Waals surface area contributed by atoms with Crippen molar-refractivity contribution in [1.82, 2.24) is 0 Å². The Bertz CT molecular complexity index is 1500. The maximum absolute atomic E-state index is 12.7. The molecule has 11 nitrogen and oxygen atoms in total. The Morgan fingerprint density at radius 1 is 1.05 bits per heavy atom. The zero-order valence-corrected chi connectivity index (χ0v) is 21.9. The third-order valence-corrected chi connectivity index (χ3v) is 5.92. The number of aryl methyl sites for hydroxylation is 2. The molecule has 1 amide bonds. The number of carbonyl (C=O) groups excluding carboxylic acids is 1. The molecular formula is C25H19IN4O7. The standard InChI is InChI=1S/C25H19IN4O7/c1-14-4-6-20(15(2)8-14)28-25(31)17(13-27)9-16-10-19(26)24(23(11-16)36-3)37-22-7-5-18(29(32)33)12-21(22)30(34)35/h4-12H,1-3H3,(H,28,31)/b17-9+. The van der Waals surface area contributed by atoms with Gasteiger partial charge in [-0.15, -0.1) is 0 Å². The summed E-state index contributed by atoms with van der Waals surface area (Å²) in [6, 6.07) is 13.5. The first-order valence-corrected chi connectivity index (χ1v) is 11.6. The lowest BCUT2D eigenvalue weighted by molar-refractivity contribution is -0.394. The number of nitrogens with zero attached hydrogens (tertiary/aromatic N) is 3. The molecule has 0 saturated heterocycles. The average molecular weight is 614 g/mol. The highest BCUT2D eigenvalue weighted by atomic mass is 127. The Kier molecular flexibility index (Phi) is 8.41. The minimum absolute atomic E-state index is 0.121. The van der Waals surface area contributed by atoms with Gasteiger partial charge >= 0.3 is 5.69 Å². The van der Waals surface area contributed by atoms with Gasteiger partial charge in [0.1, 0.15) is 11.6 Å². The number of anilines is 1. The molecule has 0 aliphatic rings. The topological polar surface area (TPSA) is 158 Å². The van der Waals surface area contributed by atoms with E-state index in [-0.39, 0.29) is 22.8 Å². The number of hydrogen-bond donors (Lipinski definition) is 1. The summed E-state index contributed by atoms with van der Waals surface area (Å²) in [6.07, 6.45) is 1.38. The van der Waals surface area contributed by atoms with Gasteiger partial charge in [0.15, 0.2) is 11.5 Å². The molecule has 0 radical (unpaired) electrons. The van der Waals surface area contributed by atoms with E-state index >= 15 is 0 Å². The highest BCUT2D eigenvalue weighted by Crippen LogP contribution is 2.41. The molecule has 188 valence electrons. The van der Waals surface area contributed by atoms with Gasteiger partial charge in [0.2, 0.25) is 5.75 Å². The minimum Gasteiger partial charge on any atom is -0.493 e. The summed E-state index contributed by atoms with van der Waals surface area (Å²) < 4.78 is 11.6. The van der Waals surface area contributed by atoms with Crippen molar-refractivity contribution in [3.05, 3.63) is 94.6 Å². The maximum Gasteiger partial charge on any atom is 0.318 e. The van der Waals surface area contributed by atoms with E-state index in [2.05, 4.69) is 5.32 Å². The van der Waals surface area contributed by atoms with Crippen LogP contribution < -0.4 is 14.8 Å². The van der Waals surface area contributed by atoms with Gasteiger partial charge in [0.25, 0.3) is 11.6 Å². The predicted octanol–water partition coefficient (Wildman–Crippen LogP) is 6.07. The Labute approximate surface area is 224 Å². The van der Waals surface area contributed by atoms with Crippen molar-refractivity contribution in [3.8, 4) is 23.3 Å². The number of non-ortho nitro benzene ring substituents is 1. The normalized spacial score (nSPS) is 10.8. The number of methoxy groups -OCH3 is 1. The zero-order valence-electron chi connectivity index (χ0n) is 19.8. The van der Waals surface area contributed by atoms with Gasteiger partial charge in [-0.25, -0.2) is 0 Å². The zero-order chi connectivity index (χ0) is 27.3. The summed E-state index contributed by atoms with van der Waals surface area (Å²) in [6.45, 7) is 3.78. The van der Waals surface area contributed by atoms with Crippen molar-refractivity contribution < 1.29 is 24.1 Å². The predicted molar refractivity (Wildman–Crippen MR) is 144 cm³/mol. The van der Waals surface area contributed by atoms with Crippen LogP contribution in [-0.2, 0) is 4.79 Å². The van der Waals surface area contributed by atoms with E-state index in [9.17, 15) is 30.3 Å². The summed E-state index contributed by atoms with van der Waals surface area (Å²) in [5, 5.41) is 34.8. The van der Waals surface area contributed by atoms with Crippen LogP contribution in [0.15, 0.2) is 54.1 Å². The second kappa shape index (κ2) is 11.5. The Balaban J connectivity index is 1.95. The van der Waals surface area contributed by atoms with Gasteiger partial charge in [-0.1, -0.05) is 17.7 Å². The lowest BCUT2D eigenvalue weighted by Crippen LogP contribution is -2.14. The van der Waals surface area contributed by atoms with E-state index in [1.54, 1.807) is 12.1 Å². The third kappa shape index (κ3) is 6.39. The van der Waals surface area contributed by atoms with E-state index in [0.29, 0.717) is 14.8 Å². The highest BCUT2D eigenvalue weighted by Gasteiger charge is 2.23. The first-order chi connectivity index (χ1) is 17.5.